The molecule has 1 fully saturated rings. The Morgan fingerprint density at radius 1 is 1.56 bits per heavy atom. The summed E-state index contributed by atoms with van der Waals surface area (Å²) in [6, 6.07) is 6.21. The lowest BCUT2D eigenvalue weighted by Crippen LogP contribution is -2.34. The van der Waals surface area contributed by atoms with E-state index in [1.54, 1.807) is 0 Å². The van der Waals surface area contributed by atoms with E-state index in [9.17, 15) is 4.79 Å². The minimum absolute atomic E-state index is 0.212. The zero-order valence-corrected chi connectivity index (χ0v) is 12.8. The molecule has 0 bridgehead atoms. The number of benzene rings is 1. The molecular formula is C13H17BrN2OS. The topological polar surface area (TPSA) is 46.3 Å². The molecule has 98 valence electrons. The maximum Gasteiger partial charge on any atom is 0.233 e. The van der Waals surface area contributed by atoms with Crippen LogP contribution < -0.4 is 5.73 Å². The first-order valence-electron chi connectivity index (χ1n) is 6.09. The molecule has 1 amide bonds. The Kier molecular flexibility index (Phi) is 4.56. The van der Waals surface area contributed by atoms with E-state index in [0.717, 1.165) is 34.4 Å². The highest BCUT2D eigenvalue weighted by Crippen LogP contribution is 2.30. The Bertz CT molecular complexity index is 449. The van der Waals surface area contributed by atoms with E-state index < -0.39 is 0 Å². The SMILES string of the molecule is CCN(C(=O)CSc1cc(Br)ccc1N)C1CC1. The highest BCUT2D eigenvalue weighted by Gasteiger charge is 2.31. The van der Waals surface area contributed by atoms with Gasteiger partial charge < -0.3 is 10.6 Å². The summed E-state index contributed by atoms with van der Waals surface area (Å²) in [6.45, 7) is 2.84. The number of halogens is 1. The number of carbonyl (C=O) groups excluding carboxylic acids is 1. The number of nitrogen functional groups attached to an aromatic ring is 1. The second-order valence-electron chi connectivity index (χ2n) is 4.38. The lowest BCUT2D eigenvalue weighted by atomic mass is 10.3. The third-order valence-electron chi connectivity index (χ3n) is 2.98. The normalized spacial score (nSPS) is 14.6. The molecule has 18 heavy (non-hydrogen) atoms. The van der Waals surface area contributed by atoms with Gasteiger partial charge in [0.15, 0.2) is 0 Å². The van der Waals surface area contributed by atoms with Crippen LogP contribution in [0.3, 0.4) is 0 Å². The van der Waals surface area contributed by atoms with Crippen molar-refractivity contribution in [3.8, 4) is 0 Å². The molecule has 0 atom stereocenters. The Morgan fingerprint density at radius 2 is 2.28 bits per heavy atom. The number of thioether (sulfide) groups is 1. The first-order valence-corrected chi connectivity index (χ1v) is 7.87. The van der Waals surface area contributed by atoms with Crippen molar-refractivity contribution in [1.82, 2.24) is 4.90 Å². The number of nitrogens with two attached hydrogens (primary N) is 1. The fourth-order valence-electron chi connectivity index (χ4n) is 1.88. The molecule has 0 spiro atoms. The predicted molar refractivity (Wildman–Crippen MR) is 79.7 cm³/mol. The van der Waals surface area contributed by atoms with E-state index >= 15 is 0 Å². The number of carbonyl (C=O) groups is 1. The summed E-state index contributed by atoms with van der Waals surface area (Å²) >= 11 is 4.93. The van der Waals surface area contributed by atoms with Gasteiger partial charge in [-0.25, -0.2) is 0 Å². The molecule has 2 N–H and O–H groups in total. The second kappa shape index (κ2) is 5.97. The average Bonchev–Trinajstić information content (AvgIpc) is 3.16. The molecule has 1 saturated carbocycles. The molecule has 1 aliphatic rings. The molecule has 2 rings (SSSR count). The summed E-state index contributed by atoms with van der Waals surface area (Å²) in [5.41, 5.74) is 6.62. The highest BCUT2D eigenvalue weighted by atomic mass is 79.9. The standard InChI is InChI=1S/C13H17BrN2OS/c1-2-16(10-4-5-10)13(17)8-18-12-7-9(14)3-6-11(12)15/h3,6-7,10H,2,4-5,8,15H2,1H3. The largest absolute Gasteiger partial charge is 0.398 e. The highest BCUT2D eigenvalue weighted by molar-refractivity contribution is 9.10. The summed E-state index contributed by atoms with van der Waals surface area (Å²) < 4.78 is 0.987. The van der Waals surface area contributed by atoms with Crippen molar-refractivity contribution >= 4 is 39.3 Å². The van der Waals surface area contributed by atoms with Crippen LogP contribution in [0.25, 0.3) is 0 Å². The van der Waals surface area contributed by atoms with Gasteiger partial charge >= 0.3 is 0 Å². The fraction of sp³-hybridized carbons (Fsp3) is 0.462. The maximum atomic E-state index is 12.1. The average molecular weight is 329 g/mol. The zero-order chi connectivity index (χ0) is 13.1. The first-order chi connectivity index (χ1) is 8.61. The minimum atomic E-state index is 0.212. The lowest BCUT2D eigenvalue weighted by Gasteiger charge is -2.20. The zero-order valence-electron chi connectivity index (χ0n) is 10.4. The molecule has 0 unspecified atom stereocenters. The molecule has 3 nitrogen and oxygen atoms in total. The number of rotatable bonds is 5. The van der Waals surface area contributed by atoms with E-state index in [-0.39, 0.29) is 5.91 Å². The van der Waals surface area contributed by atoms with E-state index in [1.807, 2.05) is 30.0 Å². The number of anilines is 1. The van der Waals surface area contributed by atoms with E-state index in [2.05, 4.69) is 15.9 Å². The molecule has 5 heteroatoms. The van der Waals surface area contributed by atoms with Crippen molar-refractivity contribution in [3.63, 3.8) is 0 Å². The smallest absolute Gasteiger partial charge is 0.233 e. The van der Waals surface area contributed by atoms with Gasteiger partial charge in [0.1, 0.15) is 0 Å². The Hall–Kier alpha value is -0.680. The van der Waals surface area contributed by atoms with Gasteiger partial charge in [-0.3, -0.25) is 4.79 Å². The fourth-order valence-corrected chi connectivity index (χ4v) is 3.28. The van der Waals surface area contributed by atoms with Gasteiger partial charge in [-0.2, -0.15) is 0 Å². The van der Waals surface area contributed by atoms with Crippen LogP contribution in [-0.2, 0) is 4.79 Å². The Morgan fingerprint density at radius 3 is 2.89 bits per heavy atom. The van der Waals surface area contributed by atoms with Crippen LogP contribution in [0.4, 0.5) is 5.69 Å². The number of hydrogen-bond donors (Lipinski definition) is 1. The van der Waals surface area contributed by atoms with Crippen molar-refractivity contribution in [2.45, 2.75) is 30.7 Å². The van der Waals surface area contributed by atoms with Gasteiger partial charge in [0, 0.05) is 27.6 Å². The van der Waals surface area contributed by atoms with Gasteiger partial charge in [-0.05, 0) is 38.0 Å². The van der Waals surface area contributed by atoms with Crippen molar-refractivity contribution < 1.29 is 4.79 Å². The summed E-state index contributed by atoms with van der Waals surface area (Å²) in [7, 11) is 0. The van der Waals surface area contributed by atoms with Crippen LogP contribution in [0.2, 0.25) is 0 Å². The monoisotopic (exact) mass is 328 g/mol. The quantitative estimate of drug-likeness (QED) is 0.667. The van der Waals surface area contributed by atoms with Crippen molar-refractivity contribution in [1.29, 1.82) is 0 Å². The van der Waals surface area contributed by atoms with E-state index in [4.69, 9.17) is 5.73 Å². The third-order valence-corrected chi connectivity index (χ3v) is 4.52. The summed E-state index contributed by atoms with van der Waals surface area (Å²) in [6.07, 6.45) is 2.31. The molecule has 1 aliphatic carbocycles. The van der Waals surface area contributed by atoms with Crippen LogP contribution in [0, 0.1) is 0 Å². The van der Waals surface area contributed by atoms with Crippen LogP contribution in [0.5, 0.6) is 0 Å². The van der Waals surface area contributed by atoms with Crippen molar-refractivity contribution in [2.24, 2.45) is 0 Å². The summed E-state index contributed by atoms with van der Waals surface area (Å²) in [5, 5.41) is 0. The second-order valence-corrected chi connectivity index (χ2v) is 6.31. The molecule has 0 aromatic heterocycles. The predicted octanol–water partition coefficient (Wildman–Crippen LogP) is 3.13. The molecule has 1 aromatic rings. The number of amides is 1. The molecule has 0 aliphatic heterocycles. The van der Waals surface area contributed by atoms with E-state index in [0.29, 0.717) is 11.8 Å². The molecule has 0 saturated heterocycles. The van der Waals surface area contributed by atoms with Gasteiger partial charge in [0.2, 0.25) is 5.91 Å². The molecule has 0 radical (unpaired) electrons. The Balaban J connectivity index is 1.94. The van der Waals surface area contributed by atoms with Crippen molar-refractivity contribution in [3.05, 3.63) is 22.7 Å². The van der Waals surface area contributed by atoms with E-state index in [1.165, 1.54) is 11.8 Å². The van der Waals surface area contributed by atoms with Gasteiger partial charge in [0.25, 0.3) is 0 Å². The third kappa shape index (κ3) is 3.42. The number of nitrogens with zero attached hydrogens (tertiary/aromatic N) is 1. The lowest BCUT2D eigenvalue weighted by molar-refractivity contribution is -0.128. The van der Waals surface area contributed by atoms with Crippen LogP contribution in [0.1, 0.15) is 19.8 Å². The molecule has 1 aromatic carbocycles. The first kappa shape index (κ1) is 13.7. The summed E-state index contributed by atoms with van der Waals surface area (Å²) in [4.78, 5) is 15.0. The van der Waals surface area contributed by atoms with Gasteiger partial charge in [-0.15, -0.1) is 11.8 Å². The maximum absolute atomic E-state index is 12.1. The molecular weight excluding hydrogens is 312 g/mol. The molecule has 0 heterocycles. The van der Waals surface area contributed by atoms with Crippen molar-refractivity contribution in [2.75, 3.05) is 18.0 Å². The summed E-state index contributed by atoms with van der Waals surface area (Å²) in [5.74, 6) is 0.676. The van der Waals surface area contributed by atoms with Crippen LogP contribution >= 0.6 is 27.7 Å². The van der Waals surface area contributed by atoms with Gasteiger partial charge in [-0.1, -0.05) is 15.9 Å². The van der Waals surface area contributed by atoms with Crippen LogP contribution in [0.15, 0.2) is 27.6 Å². The van der Waals surface area contributed by atoms with Gasteiger partial charge in [0.05, 0.1) is 5.75 Å². The van der Waals surface area contributed by atoms with Crippen LogP contribution in [-0.4, -0.2) is 29.1 Å². The number of hydrogen-bond acceptors (Lipinski definition) is 3. The Labute approximate surface area is 120 Å². The minimum Gasteiger partial charge on any atom is -0.398 e.